The lowest BCUT2D eigenvalue weighted by Gasteiger charge is -2.32. The molecule has 1 aromatic rings. The Hall–Kier alpha value is -0.650. The Kier molecular flexibility index (Phi) is 4.15. The minimum Gasteiger partial charge on any atom is -0.391 e. The Morgan fingerprint density at radius 3 is 3.25 bits per heavy atom. The van der Waals surface area contributed by atoms with Gasteiger partial charge in [-0.3, -0.25) is 0 Å². The van der Waals surface area contributed by atoms with Crippen molar-refractivity contribution in [2.75, 3.05) is 24.6 Å². The Morgan fingerprint density at radius 2 is 2.56 bits per heavy atom. The number of anilines is 1. The van der Waals surface area contributed by atoms with Gasteiger partial charge in [-0.25, -0.2) is 4.98 Å². The summed E-state index contributed by atoms with van der Waals surface area (Å²) < 4.78 is 5.65. The van der Waals surface area contributed by atoms with Crippen LogP contribution in [-0.4, -0.2) is 35.9 Å². The van der Waals surface area contributed by atoms with Crippen molar-refractivity contribution in [2.45, 2.75) is 32.5 Å². The van der Waals surface area contributed by atoms with Crippen molar-refractivity contribution in [1.82, 2.24) is 4.98 Å². The minimum atomic E-state index is 0.0837. The van der Waals surface area contributed by atoms with Crippen molar-refractivity contribution >= 4 is 16.5 Å². The lowest BCUT2D eigenvalue weighted by molar-refractivity contribution is 0.0526. The first-order chi connectivity index (χ1) is 7.83. The minimum absolute atomic E-state index is 0.0837. The van der Waals surface area contributed by atoms with E-state index in [0.717, 1.165) is 42.5 Å². The first kappa shape index (κ1) is 11.8. The number of hydrogen-bond acceptors (Lipinski definition) is 5. The zero-order valence-electron chi connectivity index (χ0n) is 9.56. The molecular formula is C11H18N2O2S. The van der Waals surface area contributed by atoms with Gasteiger partial charge in [0.2, 0.25) is 0 Å². The number of aliphatic hydroxyl groups excluding tert-OH is 1. The van der Waals surface area contributed by atoms with E-state index in [1.807, 2.05) is 6.92 Å². The normalized spacial score (nSPS) is 21.4. The second-order valence-electron chi connectivity index (χ2n) is 3.93. The molecule has 1 fully saturated rings. The number of nitrogens with zero attached hydrogens (tertiary/aromatic N) is 2. The fourth-order valence-electron chi connectivity index (χ4n) is 2.00. The van der Waals surface area contributed by atoms with Gasteiger partial charge >= 0.3 is 0 Å². The molecule has 0 radical (unpaired) electrons. The molecule has 0 aliphatic carbocycles. The quantitative estimate of drug-likeness (QED) is 0.872. The van der Waals surface area contributed by atoms with Gasteiger partial charge in [0.05, 0.1) is 17.6 Å². The van der Waals surface area contributed by atoms with E-state index in [-0.39, 0.29) is 6.61 Å². The number of piperidine rings is 1. The topological polar surface area (TPSA) is 45.6 Å². The number of rotatable bonds is 4. The Morgan fingerprint density at radius 1 is 1.69 bits per heavy atom. The third kappa shape index (κ3) is 2.72. The number of aliphatic hydroxyl groups is 1. The van der Waals surface area contributed by atoms with Crippen LogP contribution in [0.25, 0.3) is 0 Å². The summed E-state index contributed by atoms with van der Waals surface area (Å²) >= 11 is 1.57. The maximum Gasteiger partial charge on any atom is 0.185 e. The average molecular weight is 242 g/mol. The van der Waals surface area contributed by atoms with E-state index < -0.39 is 0 Å². The summed E-state index contributed by atoms with van der Waals surface area (Å²) in [5.74, 6) is 0. The molecule has 1 aromatic heterocycles. The zero-order valence-corrected chi connectivity index (χ0v) is 10.4. The van der Waals surface area contributed by atoms with Gasteiger partial charge in [0.1, 0.15) is 0 Å². The molecule has 1 saturated heterocycles. The molecule has 2 heterocycles. The van der Waals surface area contributed by atoms with E-state index in [4.69, 9.17) is 9.84 Å². The van der Waals surface area contributed by atoms with Crippen molar-refractivity contribution in [3.63, 3.8) is 0 Å². The lowest BCUT2D eigenvalue weighted by Crippen LogP contribution is -2.39. The summed E-state index contributed by atoms with van der Waals surface area (Å²) in [6, 6.07) is 0. The standard InChI is InChI=1S/C11H18N2O2S/c1-2-15-9-4-3-5-13(7-9)11-12-6-10(8-14)16-11/h6,9,14H,2-5,7-8H2,1H3. The molecule has 16 heavy (non-hydrogen) atoms. The molecule has 0 spiro atoms. The Labute approximate surface area is 99.9 Å². The molecule has 5 heteroatoms. The fourth-order valence-corrected chi connectivity index (χ4v) is 2.80. The molecule has 1 aliphatic heterocycles. The van der Waals surface area contributed by atoms with Crippen LogP contribution >= 0.6 is 11.3 Å². The highest BCUT2D eigenvalue weighted by molar-refractivity contribution is 7.15. The largest absolute Gasteiger partial charge is 0.391 e. The summed E-state index contributed by atoms with van der Waals surface area (Å²) in [5.41, 5.74) is 0. The molecule has 0 aromatic carbocycles. The molecule has 4 nitrogen and oxygen atoms in total. The monoisotopic (exact) mass is 242 g/mol. The van der Waals surface area contributed by atoms with Crippen molar-refractivity contribution in [2.24, 2.45) is 0 Å². The summed E-state index contributed by atoms with van der Waals surface area (Å²) in [6.07, 6.45) is 4.38. The van der Waals surface area contributed by atoms with E-state index in [2.05, 4.69) is 9.88 Å². The number of thiazole rings is 1. The van der Waals surface area contributed by atoms with Crippen LogP contribution in [0.1, 0.15) is 24.6 Å². The van der Waals surface area contributed by atoms with Gasteiger partial charge in [-0.05, 0) is 19.8 Å². The number of hydrogen-bond donors (Lipinski definition) is 1. The van der Waals surface area contributed by atoms with Crippen LogP contribution in [-0.2, 0) is 11.3 Å². The molecule has 0 saturated carbocycles. The van der Waals surface area contributed by atoms with Crippen molar-refractivity contribution in [3.8, 4) is 0 Å². The van der Waals surface area contributed by atoms with Crippen molar-refractivity contribution in [3.05, 3.63) is 11.1 Å². The SMILES string of the molecule is CCOC1CCCN(c2ncc(CO)s2)C1. The maximum absolute atomic E-state index is 9.01. The van der Waals surface area contributed by atoms with E-state index in [0.29, 0.717) is 6.10 Å². The summed E-state index contributed by atoms with van der Waals surface area (Å²) in [7, 11) is 0. The lowest BCUT2D eigenvalue weighted by atomic mass is 10.1. The highest BCUT2D eigenvalue weighted by Crippen LogP contribution is 2.26. The zero-order chi connectivity index (χ0) is 11.4. The van der Waals surface area contributed by atoms with Crippen LogP contribution in [0, 0.1) is 0 Å². The molecule has 90 valence electrons. The van der Waals surface area contributed by atoms with Gasteiger partial charge in [-0.15, -0.1) is 0 Å². The predicted molar refractivity (Wildman–Crippen MR) is 64.9 cm³/mol. The van der Waals surface area contributed by atoms with E-state index in [1.54, 1.807) is 17.5 Å². The Bertz CT molecular complexity index is 328. The fraction of sp³-hybridized carbons (Fsp3) is 0.727. The van der Waals surface area contributed by atoms with Gasteiger partial charge in [0.25, 0.3) is 0 Å². The third-order valence-corrected chi connectivity index (χ3v) is 3.79. The van der Waals surface area contributed by atoms with Crippen LogP contribution in [0.5, 0.6) is 0 Å². The molecular weight excluding hydrogens is 224 g/mol. The summed E-state index contributed by atoms with van der Waals surface area (Å²) in [6.45, 7) is 4.86. The van der Waals surface area contributed by atoms with Crippen LogP contribution in [0.15, 0.2) is 6.20 Å². The van der Waals surface area contributed by atoms with Gasteiger partial charge < -0.3 is 14.7 Å². The molecule has 2 rings (SSSR count). The molecule has 1 atom stereocenters. The van der Waals surface area contributed by atoms with Crippen LogP contribution < -0.4 is 4.90 Å². The average Bonchev–Trinajstić information content (AvgIpc) is 2.78. The van der Waals surface area contributed by atoms with Crippen LogP contribution in [0.3, 0.4) is 0 Å². The van der Waals surface area contributed by atoms with Gasteiger partial charge in [0, 0.05) is 25.9 Å². The third-order valence-electron chi connectivity index (χ3n) is 2.75. The predicted octanol–water partition coefficient (Wildman–Crippen LogP) is 1.64. The summed E-state index contributed by atoms with van der Waals surface area (Å²) in [5, 5.41) is 10.0. The first-order valence-corrected chi connectivity index (χ1v) is 6.57. The molecule has 0 amide bonds. The van der Waals surface area contributed by atoms with Gasteiger partial charge in [0.15, 0.2) is 5.13 Å². The highest BCUT2D eigenvalue weighted by atomic mass is 32.1. The smallest absolute Gasteiger partial charge is 0.185 e. The van der Waals surface area contributed by atoms with E-state index in [1.165, 1.54) is 0 Å². The number of aromatic nitrogens is 1. The van der Waals surface area contributed by atoms with Crippen LogP contribution in [0.4, 0.5) is 5.13 Å². The molecule has 1 aliphatic rings. The van der Waals surface area contributed by atoms with Crippen molar-refractivity contribution < 1.29 is 9.84 Å². The molecule has 1 unspecified atom stereocenters. The number of ether oxygens (including phenoxy) is 1. The maximum atomic E-state index is 9.01. The second-order valence-corrected chi connectivity index (χ2v) is 5.03. The first-order valence-electron chi connectivity index (χ1n) is 5.75. The van der Waals surface area contributed by atoms with Crippen LogP contribution in [0.2, 0.25) is 0 Å². The van der Waals surface area contributed by atoms with Gasteiger partial charge in [-0.1, -0.05) is 11.3 Å². The molecule has 1 N–H and O–H groups in total. The molecule has 0 bridgehead atoms. The summed E-state index contributed by atoms with van der Waals surface area (Å²) in [4.78, 5) is 7.52. The Balaban J connectivity index is 1.98. The van der Waals surface area contributed by atoms with Gasteiger partial charge in [-0.2, -0.15) is 0 Å². The van der Waals surface area contributed by atoms with E-state index >= 15 is 0 Å². The highest BCUT2D eigenvalue weighted by Gasteiger charge is 2.22. The van der Waals surface area contributed by atoms with Crippen molar-refractivity contribution in [1.29, 1.82) is 0 Å². The second kappa shape index (κ2) is 5.61. The van der Waals surface area contributed by atoms with E-state index in [9.17, 15) is 0 Å².